The number of rotatable bonds is 4. The first-order chi connectivity index (χ1) is 28.5. The van der Waals surface area contributed by atoms with Gasteiger partial charge in [0.25, 0.3) is 0 Å². The fourth-order valence-corrected chi connectivity index (χ4v) is 11.5. The Morgan fingerprint density at radius 3 is 1.40 bits per heavy atom. The van der Waals surface area contributed by atoms with Crippen molar-refractivity contribution < 1.29 is 0 Å². The van der Waals surface area contributed by atoms with E-state index < -0.39 is 0 Å². The molecule has 4 aliphatic carbocycles. The van der Waals surface area contributed by atoms with Crippen molar-refractivity contribution in [2.24, 2.45) is 5.92 Å². The van der Waals surface area contributed by atoms with E-state index >= 15 is 0 Å². The minimum absolute atomic E-state index is 0.0246. The first kappa shape index (κ1) is 42.7. The van der Waals surface area contributed by atoms with Crippen molar-refractivity contribution in [3.05, 3.63) is 159 Å². The Bertz CT molecular complexity index is 2610. The van der Waals surface area contributed by atoms with Gasteiger partial charge in [0.1, 0.15) is 7.85 Å². The van der Waals surface area contributed by atoms with Crippen molar-refractivity contribution in [2.45, 2.75) is 161 Å². The molecular formula is C60H72BN. The molecule has 5 aromatic carbocycles. The van der Waals surface area contributed by atoms with Crippen molar-refractivity contribution in [3.63, 3.8) is 0 Å². The van der Waals surface area contributed by atoms with Gasteiger partial charge in [0.15, 0.2) is 0 Å². The van der Waals surface area contributed by atoms with E-state index in [1.165, 1.54) is 95.0 Å². The number of benzene rings is 5. The highest BCUT2D eigenvalue weighted by Gasteiger charge is 2.47. The molecule has 5 aromatic rings. The maximum absolute atomic E-state index is 2.73. The standard InChI is InChI=1S/C60H72BN/c1-54(2,3)35-22-25-42-45(28-35)58(12,13)48-30-37(56(7,8)9)32-50(52(42)48)62(39-24-27-41-40-20-18-19-21-44(40)57(10,11)47(41)34-39)51-33-38(60(16,17)61)31-49-53(51)43-26-23-36(55(4,5)6)29-46(43)59(49,14)15/h18-34,40,44H,61H2,1-17H3. The van der Waals surface area contributed by atoms with E-state index in [2.05, 4.69) is 234 Å². The van der Waals surface area contributed by atoms with Crippen LogP contribution >= 0.6 is 0 Å². The first-order valence-corrected chi connectivity index (χ1v) is 23.5. The zero-order valence-corrected chi connectivity index (χ0v) is 41.4. The fraction of sp³-hybridized carbons (Fsp3) is 0.433. The molecule has 0 amide bonds. The van der Waals surface area contributed by atoms with E-state index in [0.717, 1.165) is 0 Å². The molecule has 2 atom stereocenters. The Kier molecular flexibility index (Phi) is 9.13. The number of hydrogen-bond donors (Lipinski definition) is 0. The van der Waals surface area contributed by atoms with E-state index in [-0.39, 0.29) is 37.8 Å². The molecule has 0 bridgehead atoms. The van der Waals surface area contributed by atoms with Crippen LogP contribution in [0.25, 0.3) is 22.3 Å². The summed E-state index contributed by atoms with van der Waals surface area (Å²) in [5.74, 6) is 0.825. The average Bonchev–Trinajstić information content (AvgIpc) is 3.65. The van der Waals surface area contributed by atoms with Gasteiger partial charge in [-0.2, -0.15) is 0 Å². The van der Waals surface area contributed by atoms with E-state index in [4.69, 9.17) is 0 Å². The summed E-state index contributed by atoms with van der Waals surface area (Å²) < 4.78 is 0. The van der Waals surface area contributed by atoms with Crippen molar-refractivity contribution in [2.75, 3.05) is 4.90 Å². The molecule has 0 fully saturated rings. The Balaban J connectivity index is 1.44. The number of hydrogen-bond acceptors (Lipinski definition) is 1. The molecule has 0 aliphatic heterocycles. The van der Waals surface area contributed by atoms with Gasteiger partial charge in [-0.15, -0.1) is 0 Å². The summed E-state index contributed by atoms with van der Waals surface area (Å²) in [7, 11) is 2.39. The molecule has 2 heteroatoms. The van der Waals surface area contributed by atoms with E-state index in [9.17, 15) is 0 Å². The highest BCUT2D eigenvalue weighted by molar-refractivity contribution is 6.15. The topological polar surface area (TPSA) is 3.24 Å². The molecule has 9 rings (SSSR count). The lowest BCUT2D eigenvalue weighted by Gasteiger charge is -2.35. The van der Waals surface area contributed by atoms with Crippen LogP contribution in [0.15, 0.2) is 103 Å². The van der Waals surface area contributed by atoms with Gasteiger partial charge in [0, 0.05) is 33.6 Å². The van der Waals surface area contributed by atoms with Crippen molar-refractivity contribution in [1.29, 1.82) is 0 Å². The Morgan fingerprint density at radius 1 is 0.468 bits per heavy atom. The second-order valence-corrected chi connectivity index (χ2v) is 25.3. The molecule has 1 nitrogen and oxygen atoms in total. The van der Waals surface area contributed by atoms with Crippen LogP contribution in [0.4, 0.5) is 17.1 Å². The first-order valence-electron chi connectivity index (χ1n) is 23.5. The summed E-state index contributed by atoms with van der Waals surface area (Å²) in [5.41, 5.74) is 23.0. The lowest BCUT2D eigenvalue weighted by atomic mass is 9.66. The summed E-state index contributed by atoms with van der Waals surface area (Å²) in [4.78, 5) is 2.73. The molecule has 0 aromatic heterocycles. The molecule has 0 spiro atoms. The lowest BCUT2D eigenvalue weighted by Crippen LogP contribution is -2.25. The van der Waals surface area contributed by atoms with Crippen LogP contribution in [0, 0.1) is 5.92 Å². The summed E-state index contributed by atoms with van der Waals surface area (Å²) in [5, 5.41) is -0.0711. The minimum atomic E-state index is -0.185. The normalized spacial score (nSPS) is 20.0. The van der Waals surface area contributed by atoms with Gasteiger partial charge in [0.2, 0.25) is 0 Å². The zero-order chi connectivity index (χ0) is 45.1. The Labute approximate surface area is 376 Å². The second-order valence-electron chi connectivity index (χ2n) is 25.3. The van der Waals surface area contributed by atoms with Crippen LogP contribution in [-0.2, 0) is 37.8 Å². The van der Waals surface area contributed by atoms with Crippen LogP contribution in [-0.4, -0.2) is 7.85 Å². The number of allylic oxidation sites excluding steroid dienone is 4. The maximum Gasteiger partial charge on any atom is 0.114 e. The van der Waals surface area contributed by atoms with Gasteiger partial charge in [-0.25, -0.2) is 0 Å². The van der Waals surface area contributed by atoms with Crippen LogP contribution in [0.2, 0.25) is 0 Å². The van der Waals surface area contributed by atoms with E-state index in [1.54, 1.807) is 0 Å². The molecule has 0 radical (unpaired) electrons. The third-order valence-electron chi connectivity index (χ3n) is 15.8. The van der Waals surface area contributed by atoms with Crippen molar-refractivity contribution in [3.8, 4) is 22.3 Å². The third-order valence-corrected chi connectivity index (χ3v) is 15.8. The average molecular weight is 818 g/mol. The summed E-state index contributed by atoms with van der Waals surface area (Å²) >= 11 is 0. The van der Waals surface area contributed by atoms with Crippen LogP contribution in [0.5, 0.6) is 0 Å². The third kappa shape index (κ3) is 6.31. The monoisotopic (exact) mass is 818 g/mol. The quantitative estimate of drug-likeness (QED) is 0.163. The number of anilines is 3. The van der Waals surface area contributed by atoms with Crippen molar-refractivity contribution in [1.82, 2.24) is 0 Å². The van der Waals surface area contributed by atoms with Crippen LogP contribution in [0.1, 0.15) is 179 Å². The van der Waals surface area contributed by atoms with Gasteiger partial charge in [-0.05, 0) is 124 Å². The smallest absolute Gasteiger partial charge is 0.114 e. The highest BCUT2D eigenvalue weighted by Crippen LogP contribution is 2.61. The predicted octanol–water partition coefficient (Wildman–Crippen LogP) is 15.6. The number of fused-ring (bicyclic) bond motifs is 9. The molecular weight excluding hydrogens is 745 g/mol. The van der Waals surface area contributed by atoms with Crippen molar-refractivity contribution >= 4 is 24.9 Å². The lowest BCUT2D eigenvalue weighted by molar-refractivity contribution is 0.394. The fourth-order valence-electron chi connectivity index (χ4n) is 11.5. The van der Waals surface area contributed by atoms with E-state index in [1.807, 2.05) is 0 Å². The second kappa shape index (κ2) is 13.2. The molecule has 0 N–H and O–H groups in total. The van der Waals surface area contributed by atoms with Gasteiger partial charge < -0.3 is 4.90 Å². The van der Waals surface area contributed by atoms with Crippen LogP contribution < -0.4 is 4.90 Å². The maximum atomic E-state index is 2.73. The molecule has 0 heterocycles. The van der Waals surface area contributed by atoms with E-state index in [0.29, 0.717) is 11.8 Å². The molecule has 320 valence electrons. The van der Waals surface area contributed by atoms with Gasteiger partial charge in [-0.3, -0.25) is 0 Å². The van der Waals surface area contributed by atoms with Gasteiger partial charge in [0.05, 0.1) is 11.4 Å². The predicted molar refractivity (Wildman–Crippen MR) is 271 cm³/mol. The zero-order valence-electron chi connectivity index (χ0n) is 41.4. The molecule has 4 aliphatic rings. The summed E-state index contributed by atoms with van der Waals surface area (Å²) in [6, 6.07) is 32.6. The molecule has 0 saturated heterocycles. The summed E-state index contributed by atoms with van der Waals surface area (Å²) in [6.07, 6.45) is 9.41. The molecule has 0 saturated carbocycles. The molecule has 2 unspecified atom stereocenters. The summed E-state index contributed by atoms with van der Waals surface area (Å²) in [6.45, 7) is 40.8. The Morgan fingerprint density at radius 2 is 0.919 bits per heavy atom. The largest absolute Gasteiger partial charge is 0.309 e. The Hall–Kier alpha value is -4.56. The number of nitrogens with zero attached hydrogens (tertiary/aromatic N) is 1. The van der Waals surface area contributed by atoms with Gasteiger partial charge in [-0.1, -0.05) is 197 Å². The SMILES string of the molecule is BC(C)(C)c1cc(N(c2ccc3c(c2)C(C)(C)C2C=CC=CC32)c2cc(C(C)(C)C)cc3c2-c2ccc(C(C)(C)C)cc2C3(C)C)c2c(c1)C(C)(C)c1cc(C(C)(C)C)ccc1-2. The highest BCUT2D eigenvalue weighted by atomic mass is 15.2. The minimum Gasteiger partial charge on any atom is -0.309 e. The molecule has 62 heavy (non-hydrogen) atoms. The van der Waals surface area contributed by atoms with Gasteiger partial charge >= 0.3 is 0 Å². The van der Waals surface area contributed by atoms with Crippen LogP contribution in [0.3, 0.4) is 0 Å².